The summed E-state index contributed by atoms with van der Waals surface area (Å²) < 4.78 is 83.7. The highest BCUT2D eigenvalue weighted by Gasteiger charge is 2.63. The lowest BCUT2D eigenvalue weighted by Gasteiger charge is -2.26. The number of aliphatic carboxylic acids is 1. The van der Waals surface area contributed by atoms with E-state index in [1.54, 1.807) is 93.1 Å². The van der Waals surface area contributed by atoms with Crippen LogP contribution in [0.5, 0.6) is 23.0 Å². The van der Waals surface area contributed by atoms with Crippen LogP contribution in [0.15, 0.2) is 142 Å². The van der Waals surface area contributed by atoms with Crippen LogP contribution in [0, 0.1) is 11.8 Å². The molecule has 642 valence electrons. The zero-order valence-corrected chi connectivity index (χ0v) is 71.5. The Hall–Kier alpha value is -11.5. The van der Waals surface area contributed by atoms with E-state index in [9.17, 15) is 60.3 Å². The first kappa shape index (κ1) is 87.3. The van der Waals surface area contributed by atoms with E-state index in [4.69, 9.17) is 38.9 Å². The van der Waals surface area contributed by atoms with Crippen LogP contribution in [0.4, 0.5) is 21.6 Å². The Labute approximate surface area is 709 Å². The summed E-state index contributed by atoms with van der Waals surface area (Å²) in [5.74, 6) is -4.61. The van der Waals surface area contributed by atoms with Crippen molar-refractivity contribution in [2.45, 2.75) is 188 Å². The molecular formula is C85H101N15O17S4. The maximum absolute atomic E-state index is 14.5. The summed E-state index contributed by atoms with van der Waals surface area (Å²) in [6.07, 6.45) is 12.1. The molecule has 6 aliphatic rings. The van der Waals surface area contributed by atoms with Gasteiger partial charge in [-0.1, -0.05) is 61.4 Å². The van der Waals surface area contributed by atoms with Gasteiger partial charge in [0.05, 0.1) is 67.5 Å². The molecule has 4 aromatic heterocycles. The van der Waals surface area contributed by atoms with Gasteiger partial charge in [-0.3, -0.25) is 38.4 Å². The molecule has 4 aromatic carbocycles. The second-order valence-electron chi connectivity index (χ2n) is 31.4. The number of sulfonamides is 2. The molecule has 4 aliphatic heterocycles. The fourth-order valence-electron chi connectivity index (χ4n) is 15.4. The molecule has 36 heteroatoms. The minimum Gasteiger partial charge on any atom is -0.497 e. The fourth-order valence-corrected chi connectivity index (χ4v) is 19.5. The number of anilines is 4. The number of hydrogen-bond donors (Lipinski definition) is 10. The van der Waals surface area contributed by atoms with E-state index in [0.717, 1.165) is 61.6 Å². The molecule has 0 spiro atoms. The lowest BCUT2D eigenvalue weighted by atomic mass is 10.1. The molecule has 2 saturated heterocycles. The third-order valence-corrected chi connectivity index (χ3v) is 26.2. The summed E-state index contributed by atoms with van der Waals surface area (Å²) in [6, 6.07) is 25.0. The molecule has 7 amide bonds. The number of rotatable bonds is 22. The topological polar surface area (TPSA) is 428 Å². The summed E-state index contributed by atoms with van der Waals surface area (Å²) in [7, 11) is -4.15. The highest BCUT2D eigenvalue weighted by molar-refractivity contribution is 7.90. The molecular weight excluding hydrogens is 1630 g/mol. The zero-order chi connectivity index (χ0) is 85.9. The fraction of sp³-hybridized carbons (Fsp3) is 0.435. The van der Waals surface area contributed by atoms with Gasteiger partial charge in [0.25, 0.3) is 31.9 Å². The Morgan fingerprint density at radius 1 is 0.554 bits per heavy atom. The molecule has 0 bridgehead atoms. The smallest absolute Gasteiger partial charge is 0.303 e. The number of hydrogen-bond acceptors (Lipinski definition) is 26. The average molecular weight is 1730 g/mol. The Kier molecular flexibility index (Phi) is 27.5. The Balaban J connectivity index is 0.000000209. The molecule has 0 unspecified atom stereocenters. The number of nitrogens with one attached hydrogen (secondary N) is 9. The lowest BCUT2D eigenvalue weighted by Crippen LogP contribution is -2.56. The second-order valence-corrected chi connectivity index (χ2v) is 36.4. The van der Waals surface area contributed by atoms with E-state index in [2.05, 4.69) is 46.7 Å². The van der Waals surface area contributed by atoms with Crippen LogP contribution in [0.1, 0.15) is 130 Å². The first-order valence-electron chi connectivity index (χ1n) is 40.6. The number of allylic oxidation sites excluding steroid dienone is 2. The Bertz CT molecular complexity index is 5530. The van der Waals surface area contributed by atoms with Crippen molar-refractivity contribution in [3.63, 3.8) is 0 Å². The number of nitrogens with zero attached hydrogens (tertiary/aromatic N) is 6. The maximum Gasteiger partial charge on any atom is 0.303 e. The molecule has 32 nitrogen and oxygen atoms in total. The minimum atomic E-state index is -4.38. The van der Waals surface area contributed by atoms with E-state index in [1.165, 1.54) is 51.7 Å². The molecule has 14 rings (SSSR count). The van der Waals surface area contributed by atoms with Crippen LogP contribution >= 0.6 is 22.7 Å². The molecule has 2 saturated carbocycles. The van der Waals surface area contributed by atoms with Crippen LogP contribution < -0.4 is 65.6 Å². The number of fused-ring (bicyclic) bond motifs is 6. The molecule has 0 radical (unpaired) electrons. The van der Waals surface area contributed by atoms with Crippen LogP contribution in [0.3, 0.4) is 0 Å². The van der Waals surface area contributed by atoms with E-state index >= 15 is 0 Å². The highest BCUT2D eigenvalue weighted by Crippen LogP contribution is 2.48. The van der Waals surface area contributed by atoms with E-state index in [0.29, 0.717) is 92.0 Å². The van der Waals surface area contributed by atoms with Crippen molar-refractivity contribution in [2.75, 3.05) is 68.7 Å². The zero-order valence-electron chi connectivity index (χ0n) is 68.3. The third kappa shape index (κ3) is 20.9. The first-order valence-corrected chi connectivity index (χ1v) is 45.3. The van der Waals surface area contributed by atoms with Crippen LogP contribution in [0.25, 0.3) is 44.6 Å². The average Bonchev–Trinajstić information content (AvgIpc) is 1.58. The quantitative estimate of drug-likeness (QED) is 0.0282. The summed E-state index contributed by atoms with van der Waals surface area (Å²) >= 11 is 2.88. The summed E-state index contributed by atoms with van der Waals surface area (Å²) in [4.78, 5) is 130. The molecule has 121 heavy (non-hydrogen) atoms. The molecule has 4 fully saturated rings. The number of carbonyl (C=O) groups is 8. The van der Waals surface area contributed by atoms with Crippen molar-refractivity contribution >= 4 is 133 Å². The van der Waals surface area contributed by atoms with Gasteiger partial charge in [0.15, 0.2) is 10.3 Å². The van der Waals surface area contributed by atoms with Gasteiger partial charge in [-0.05, 0) is 128 Å². The number of carboxylic acids is 1. The van der Waals surface area contributed by atoms with E-state index in [1.807, 2.05) is 68.8 Å². The van der Waals surface area contributed by atoms with Gasteiger partial charge in [0.1, 0.15) is 79.5 Å². The number of methoxy groups -OCH3 is 2. The molecule has 2 aliphatic carbocycles. The summed E-state index contributed by atoms with van der Waals surface area (Å²) in [5, 5.41) is 37.2. The van der Waals surface area contributed by atoms with Gasteiger partial charge < -0.3 is 71.1 Å². The number of carbonyl (C=O) groups excluding carboxylic acids is 7. The van der Waals surface area contributed by atoms with Gasteiger partial charge in [-0.25, -0.2) is 46.2 Å². The van der Waals surface area contributed by atoms with Crippen molar-refractivity contribution in [1.82, 2.24) is 55.1 Å². The number of pyridine rings is 2. The van der Waals surface area contributed by atoms with E-state index in [-0.39, 0.29) is 85.8 Å². The van der Waals surface area contributed by atoms with Gasteiger partial charge >= 0.3 is 5.97 Å². The van der Waals surface area contributed by atoms with Crippen molar-refractivity contribution in [2.24, 2.45) is 11.8 Å². The number of likely N-dealkylation sites (tertiary alicyclic amines) is 2. The second kappa shape index (κ2) is 38.1. The van der Waals surface area contributed by atoms with Crippen LogP contribution in [0.2, 0.25) is 0 Å². The van der Waals surface area contributed by atoms with Gasteiger partial charge in [-0.15, -0.1) is 22.7 Å². The largest absolute Gasteiger partial charge is 0.497 e. The molecule has 8 atom stereocenters. The lowest BCUT2D eigenvalue weighted by molar-refractivity contribution is -0.143. The summed E-state index contributed by atoms with van der Waals surface area (Å²) in [6.45, 7) is 9.13. The highest BCUT2D eigenvalue weighted by atomic mass is 32.2. The molecule has 8 heterocycles. The molecule has 10 N–H and O–H groups in total. The predicted molar refractivity (Wildman–Crippen MR) is 459 cm³/mol. The SMILES string of the molecule is CNC(=O)CCC(=O)N1C[C@H](Oc2cc(-c3csc(NC(C)C)n3)nc3cc(OC)ccc23)C[C@H]1C(=O)N[C@]12C[C@H]1/C=C\CCCCCNc1ccccc1S(=O)(=O)NC2=O.COc1ccc2c(O[C@@H]3C[C@@H](C(=O)N[C@]45C[C@H]4/C=C\CCCCCNc4ccccc4S(=O)(=O)NC5=O)N(C(=O)CCC(=O)O)C3)cc(-c3csc(NC(C)C)n3)nc2c1. The normalized spacial score (nSPS) is 23.0. The standard InChI is InChI=1S/C43H52N8O8S2.C42H49N7O9S2/c1-26(2)46-42-48-34(25-60-42)33-22-36(30-16-15-28(58-4)20-32(30)47-33)59-29-21-35(51(24-29)39(53)18-17-38(52)44-3)40(54)49-43-23-27(43)12-8-6-5-7-11-19-45-31-13-9-10-14-37(31)61(56,57)50-41(43)55;1-25(2)44-41-46-33(24-59-41)32-21-35(29-15-14-27(57-3)19-31(29)45-32)58-28-20-34(49(23-28)37(50)16-17-38(51)52)39(53)47-42-22-26(42)11-7-5-4-6-10-18-43-30-12-8-9-13-36(30)60(55,56)48-40(42)54/h8-10,12-16,20,22,25-27,29,35,45H,5-7,11,17-19,21,23-24H2,1-4H3,(H,44,52)(H,46,48)(H,49,54)(H,50,55);7-9,11-15,19,21,24-26,28,34,43H,4-6,10,16-18,20,22-23H2,1-3H3,(H,44,46)(H,47,53)(H,48,54)(H,51,52)/b12-8-;11-7-/t27-,29-,35+,43-;26-,28-,34+,42-/m11/s1. The summed E-state index contributed by atoms with van der Waals surface area (Å²) in [5.41, 5.74) is 0.969. The van der Waals surface area contributed by atoms with Crippen molar-refractivity contribution in [3.05, 3.63) is 132 Å². The van der Waals surface area contributed by atoms with Crippen molar-refractivity contribution < 1.29 is 79.2 Å². The van der Waals surface area contributed by atoms with Gasteiger partial charge in [0.2, 0.25) is 29.5 Å². The molecule has 8 aromatic rings. The number of ether oxygens (including phenoxy) is 4. The Morgan fingerprint density at radius 3 is 1.40 bits per heavy atom. The van der Waals surface area contributed by atoms with Gasteiger partial charge in [0, 0.05) is 122 Å². The monoisotopic (exact) mass is 1730 g/mol. The number of thiazole rings is 2. The van der Waals surface area contributed by atoms with Crippen molar-refractivity contribution in [3.8, 4) is 45.8 Å². The number of amides is 7. The maximum atomic E-state index is 14.5. The number of aromatic nitrogens is 4. The van der Waals surface area contributed by atoms with Crippen molar-refractivity contribution in [1.29, 1.82) is 0 Å². The number of benzene rings is 4. The predicted octanol–water partition coefficient (Wildman–Crippen LogP) is 10.3. The first-order chi connectivity index (χ1) is 58.1. The third-order valence-electron chi connectivity index (χ3n) is 21.9. The minimum absolute atomic E-state index is 0.000182. The van der Waals surface area contributed by atoms with Crippen LogP contribution in [-0.2, 0) is 58.4 Å². The Morgan fingerprint density at radius 2 is 0.983 bits per heavy atom. The number of para-hydroxylation sites is 2. The van der Waals surface area contributed by atoms with E-state index < -0.39 is 115 Å². The van der Waals surface area contributed by atoms with Crippen LogP contribution in [-0.4, -0.2) is 194 Å². The van der Waals surface area contributed by atoms with Gasteiger partial charge in [-0.2, -0.15) is 0 Å². The number of carboxylic acid groups (broad SMARTS) is 1.